The number of para-hydroxylation sites is 1. The zero-order chi connectivity index (χ0) is 19.0. The summed E-state index contributed by atoms with van der Waals surface area (Å²) < 4.78 is 5.90. The molecular formula is C22H22N2O3. The van der Waals surface area contributed by atoms with Gasteiger partial charge in [0.05, 0.1) is 6.04 Å². The van der Waals surface area contributed by atoms with Crippen LogP contribution in [-0.2, 0) is 4.79 Å². The van der Waals surface area contributed by atoms with E-state index in [0.29, 0.717) is 24.2 Å². The fraction of sp³-hybridized carbons (Fsp3) is 0.273. The number of urea groups is 1. The maximum Gasteiger partial charge on any atom is 0.319 e. The van der Waals surface area contributed by atoms with Gasteiger partial charge < -0.3 is 15.4 Å². The molecule has 2 amide bonds. The fourth-order valence-electron chi connectivity index (χ4n) is 3.79. The maximum atomic E-state index is 12.8. The van der Waals surface area contributed by atoms with Crippen molar-refractivity contribution in [1.82, 2.24) is 10.6 Å². The second-order valence-electron chi connectivity index (χ2n) is 7.85. The third-order valence-electron chi connectivity index (χ3n) is 4.92. The number of hydrogen-bond acceptors (Lipinski definition) is 3. The maximum absolute atomic E-state index is 12.8. The number of carbonyl (C=O) groups is 2. The number of hydrogen-bond donors (Lipinski definition) is 2. The van der Waals surface area contributed by atoms with Crippen LogP contribution in [0.3, 0.4) is 0 Å². The number of rotatable bonds is 3. The van der Waals surface area contributed by atoms with E-state index < -0.39 is 6.04 Å². The van der Waals surface area contributed by atoms with Gasteiger partial charge in [-0.05, 0) is 41.7 Å². The first-order chi connectivity index (χ1) is 12.9. The SMILES string of the molecule is CC1(C)CC(=O)C2=C(C1)NC(=O)N[C@@H]2c1cccc(Oc2ccccc2)c1. The molecule has 2 aliphatic rings. The van der Waals surface area contributed by atoms with Gasteiger partial charge in [-0.3, -0.25) is 4.79 Å². The Labute approximate surface area is 158 Å². The van der Waals surface area contributed by atoms with Crippen molar-refractivity contribution < 1.29 is 14.3 Å². The lowest BCUT2D eigenvalue weighted by Gasteiger charge is -2.38. The van der Waals surface area contributed by atoms with Gasteiger partial charge in [0, 0.05) is 17.7 Å². The number of benzene rings is 2. The van der Waals surface area contributed by atoms with Gasteiger partial charge >= 0.3 is 6.03 Å². The molecular weight excluding hydrogens is 340 g/mol. The Kier molecular flexibility index (Phi) is 4.22. The molecule has 2 N–H and O–H groups in total. The van der Waals surface area contributed by atoms with Crippen LogP contribution in [0.15, 0.2) is 65.9 Å². The largest absolute Gasteiger partial charge is 0.457 e. The van der Waals surface area contributed by atoms with Gasteiger partial charge in [-0.1, -0.05) is 44.2 Å². The van der Waals surface area contributed by atoms with Gasteiger partial charge in [0.2, 0.25) is 0 Å². The Hall–Kier alpha value is -3.08. The molecule has 138 valence electrons. The summed E-state index contributed by atoms with van der Waals surface area (Å²) in [4.78, 5) is 25.0. The summed E-state index contributed by atoms with van der Waals surface area (Å²) in [6.07, 6.45) is 1.15. The predicted molar refractivity (Wildman–Crippen MR) is 102 cm³/mol. The molecule has 1 aliphatic heterocycles. The van der Waals surface area contributed by atoms with Crippen LogP contribution >= 0.6 is 0 Å². The van der Waals surface area contributed by atoms with Crippen LogP contribution in [0.5, 0.6) is 11.5 Å². The average molecular weight is 362 g/mol. The van der Waals surface area contributed by atoms with Gasteiger partial charge in [-0.25, -0.2) is 4.79 Å². The van der Waals surface area contributed by atoms with Gasteiger partial charge in [-0.2, -0.15) is 0 Å². The minimum atomic E-state index is -0.461. The Balaban J connectivity index is 1.69. The molecule has 0 bridgehead atoms. The minimum absolute atomic E-state index is 0.0770. The van der Waals surface area contributed by atoms with E-state index in [1.165, 1.54) is 0 Å². The number of Topliss-reactive ketones (excluding diaryl/α,β-unsaturated/α-hetero) is 1. The number of ether oxygens (including phenoxy) is 1. The van der Waals surface area contributed by atoms with Crippen LogP contribution in [0.2, 0.25) is 0 Å². The van der Waals surface area contributed by atoms with Crippen LogP contribution in [0.25, 0.3) is 0 Å². The lowest BCUT2D eigenvalue weighted by molar-refractivity contribution is -0.118. The van der Waals surface area contributed by atoms with E-state index in [0.717, 1.165) is 17.0 Å². The van der Waals surface area contributed by atoms with Crippen LogP contribution in [0.1, 0.15) is 38.3 Å². The predicted octanol–water partition coefficient (Wildman–Crippen LogP) is 4.48. The Bertz CT molecular complexity index is 932. The Morgan fingerprint density at radius 1 is 0.963 bits per heavy atom. The first kappa shape index (κ1) is 17.3. The quantitative estimate of drug-likeness (QED) is 0.846. The molecule has 0 aromatic heterocycles. The summed E-state index contributed by atoms with van der Waals surface area (Å²) in [5, 5.41) is 5.73. The minimum Gasteiger partial charge on any atom is -0.457 e. The molecule has 1 aliphatic carbocycles. The third kappa shape index (κ3) is 3.58. The molecule has 0 radical (unpaired) electrons. The molecule has 0 spiro atoms. The van der Waals surface area contributed by atoms with E-state index >= 15 is 0 Å². The molecule has 2 aromatic carbocycles. The molecule has 1 heterocycles. The zero-order valence-corrected chi connectivity index (χ0v) is 15.4. The third-order valence-corrected chi connectivity index (χ3v) is 4.92. The van der Waals surface area contributed by atoms with E-state index in [1.807, 2.05) is 68.4 Å². The molecule has 27 heavy (non-hydrogen) atoms. The lowest BCUT2D eigenvalue weighted by atomic mass is 9.73. The molecule has 0 saturated heterocycles. The van der Waals surface area contributed by atoms with Crippen molar-refractivity contribution in [3.05, 3.63) is 71.4 Å². The number of carbonyl (C=O) groups excluding carboxylic acids is 2. The number of amides is 2. The highest BCUT2D eigenvalue weighted by Gasteiger charge is 2.40. The Morgan fingerprint density at radius 2 is 1.70 bits per heavy atom. The smallest absolute Gasteiger partial charge is 0.319 e. The Morgan fingerprint density at radius 3 is 2.48 bits per heavy atom. The van der Waals surface area contributed by atoms with Crippen LogP contribution in [-0.4, -0.2) is 11.8 Å². The van der Waals surface area contributed by atoms with E-state index in [1.54, 1.807) is 0 Å². The van der Waals surface area contributed by atoms with Gasteiger partial charge in [0.25, 0.3) is 0 Å². The van der Waals surface area contributed by atoms with Crippen LogP contribution in [0.4, 0.5) is 4.79 Å². The van der Waals surface area contributed by atoms with Crippen molar-refractivity contribution >= 4 is 11.8 Å². The van der Waals surface area contributed by atoms with Crippen molar-refractivity contribution in [3.8, 4) is 11.5 Å². The second kappa shape index (κ2) is 6.58. The molecule has 5 nitrogen and oxygen atoms in total. The molecule has 2 aromatic rings. The molecule has 0 saturated carbocycles. The fourth-order valence-corrected chi connectivity index (χ4v) is 3.79. The zero-order valence-electron chi connectivity index (χ0n) is 15.4. The van der Waals surface area contributed by atoms with E-state index in [-0.39, 0.29) is 17.2 Å². The van der Waals surface area contributed by atoms with E-state index in [9.17, 15) is 9.59 Å². The lowest BCUT2D eigenvalue weighted by Crippen LogP contribution is -2.48. The summed E-state index contributed by atoms with van der Waals surface area (Å²) in [5.41, 5.74) is 2.08. The summed E-state index contributed by atoms with van der Waals surface area (Å²) >= 11 is 0. The monoisotopic (exact) mass is 362 g/mol. The van der Waals surface area contributed by atoms with Crippen molar-refractivity contribution in [2.24, 2.45) is 5.41 Å². The highest BCUT2D eigenvalue weighted by atomic mass is 16.5. The van der Waals surface area contributed by atoms with Gasteiger partial charge in [0.1, 0.15) is 11.5 Å². The molecule has 0 fully saturated rings. The number of allylic oxidation sites excluding steroid dienone is 1. The second-order valence-corrected chi connectivity index (χ2v) is 7.85. The van der Waals surface area contributed by atoms with Crippen molar-refractivity contribution in [1.29, 1.82) is 0 Å². The standard InChI is InChI=1S/C22H22N2O3/c1-22(2)12-17-19(18(25)13-22)20(24-21(26)23-17)14-7-6-10-16(11-14)27-15-8-4-3-5-9-15/h3-11,20H,12-13H2,1-2H3,(H2,23,24,26)/t20-/m1/s1. The average Bonchev–Trinajstić information content (AvgIpc) is 2.60. The van der Waals surface area contributed by atoms with Crippen LogP contribution in [0, 0.1) is 5.41 Å². The van der Waals surface area contributed by atoms with Crippen molar-refractivity contribution in [3.63, 3.8) is 0 Å². The van der Waals surface area contributed by atoms with Crippen LogP contribution < -0.4 is 15.4 Å². The van der Waals surface area contributed by atoms with E-state index in [2.05, 4.69) is 10.6 Å². The van der Waals surface area contributed by atoms with E-state index in [4.69, 9.17) is 4.74 Å². The molecule has 1 atom stereocenters. The first-order valence-electron chi connectivity index (χ1n) is 9.08. The molecule has 0 unspecified atom stereocenters. The summed E-state index contributed by atoms with van der Waals surface area (Å²) in [5.74, 6) is 1.48. The van der Waals surface area contributed by atoms with Gasteiger partial charge in [0.15, 0.2) is 5.78 Å². The number of nitrogens with one attached hydrogen (secondary N) is 2. The summed E-state index contributed by atoms with van der Waals surface area (Å²) in [6.45, 7) is 4.10. The van der Waals surface area contributed by atoms with Gasteiger partial charge in [-0.15, -0.1) is 0 Å². The summed E-state index contributed by atoms with van der Waals surface area (Å²) in [7, 11) is 0. The topological polar surface area (TPSA) is 67.4 Å². The summed E-state index contributed by atoms with van der Waals surface area (Å²) in [6, 6.07) is 16.3. The highest BCUT2D eigenvalue weighted by molar-refractivity contribution is 6.01. The highest BCUT2D eigenvalue weighted by Crippen LogP contribution is 2.41. The first-order valence-corrected chi connectivity index (χ1v) is 9.08. The molecule has 4 rings (SSSR count). The normalized spacial score (nSPS) is 21.2. The van der Waals surface area contributed by atoms with Crippen molar-refractivity contribution in [2.75, 3.05) is 0 Å². The number of ketones is 1. The molecule has 5 heteroatoms. The van der Waals surface area contributed by atoms with Crippen molar-refractivity contribution in [2.45, 2.75) is 32.7 Å².